The number of benzene rings is 1. The maximum atomic E-state index is 9.75. The number of hydrogen-bond donors (Lipinski definition) is 2. The van der Waals surface area contributed by atoms with Crippen molar-refractivity contribution in [2.24, 2.45) is 11.8 Å². The second kappa shape index (κ2) is 5.36. The first kappa shape index (κ1) is 14.6. The van der Waals surface area contributed by atoms with Gasteiger partial charge >= 0.3 is 0 Å². The second-order valence-corrected chi connectivity index (χ2v) is 7.52. The molecule has 0 aliphatic carbocycles. The lowest BCUT2D eigenvalue weighted by atomic mass is 9.72. The number of para-hydroxylation sites is 1. The lowest BCUT2D eigenvalue weighted by Crippen LogP contribution is -2.51. The van der Waals surface area contributed by atoms with Gasteiger partial charge in [-0.2, -0.15) is 0 Å². The predicted molar refractivity (Wildman–Crippen MR) is 100.0 cm³/mol. The zero-order chi connectivity index (χ0) is 16.3. The summed E-state index contributed by atoms with van der Waals surface area (Å²) in [6.45, 7) is 4.46. The molecule has 0 spiro atoms. The molecule has 4 nitrogen and oxygen atoms in total. The minimum atomic E-state index is 0. The quantitative estimate of drug-likeness (QED) is 0.837. The number of rotatable bonds is 1. The van der Waals surface area contributed by atoms with Gasteiger partial charge < -0.3 is 14.8 Å². The average molecular weight is 330 g/mol. The first-order valence-corrected chi connectivity index (χ1v) is 9.05. The first-order valence-electron chi connectivity index (χ1n) is 9.05. The Kier molecular flexibility index (Phi) is 3.25. The van der Waals surface area contributed by atoms with E-state index in [9.17, 15) is 5.11 Å². The van der Waals surface area contributed by atoms with Gasteiger partial charge in [-0.1, -0.05) is 18.2 Å². The summed E-state index contributed by atoms with van der Waals surface area (Å²) in [7, 11) is 0. The fraction of sp³-hybridized carbons (Fsp3) is 0.500. The molecule has 0 amide bonds. The summed E-state index contributed by atoms with van der Waals surface area (Å²) in [5.74, 6) is 0.914. The van der Waals surface area contributed by atoms with Gasteiger partial charge in [0.25, 0.3) is 0 Å². The van der Waals surface area contributed by atoms with Crippen molar-refractivity contribution < 1.29 is 14.1 Å². The Hall–Kier alpha value is -1.78. The number of fused-ring (bicyclic) bond motifs is 6. The van der Waals surface area contributed by atoms with E-state index in [1.54, 1.807) is 0 Å². The summed E-state index contributed by atoms with van der Waals surface area (Å²) in [6.07, 6.45) is 4.24. The number of nitrogens with one attached hydrogen (secondary N) is 1. The van der Waals surface area contributed by atoms with Gasteiger partial charge in [0, 0.05) is 39.9 Å². The molecular formula is C20H30N2O2. The van der Waals surface area contributed by atoms with Crippen molar-refractivity contribution in [1.82, 2.24) is 9.88 Å². The molecule has 132 valence electrons. The summed E-state index contributed by atoms with van der Waals surface area (Å²) < 4.78 is 5.79. The first-order chi connectivity index (χ1) is 11.8. The highest BCUT2D eigenvalue weighted by Gasteiger charge is 2.44. The van der Waals surface area contributed by atoms with Crippen LogP contribution in [-0.2, 0) is 11.2 Å². The van der Waals surface area contributed by atoms with Gasteiger partial charge in [-0.25, -0.2) is 0 Å². The summed E-state index contributed by atoms with van der Waals surface area (Å²) in [6, 6.07) is 9.08. The SMILES string of the molecule is CC1OC=C(CO)C2CC3c4[nH]c5ccccc5c4CCN3CC12.[HH].[HH].[HH]. The molecule has 4 heteroatoms. The van der Waals surface area contributed by atoms with Crippen LogP contribution in [0.25, 0.3) is 10.9 Å². The fourth-order valence-corrected chi connectivity index (χ4v) is 5.11. The highest BCUT2D eigenvalue weighted by atomic mass is 16.5. The van der Waals surface area contributed by atoms with Crippen molar-refractivity contribution in [3.8, 4) is 0 Å². The summed E-state index contributed by atoms with van der Waals surface area (Å²) in [5, 5.41) is 11.1. The number of hydrogen-bond acceptors (Lipinski definition) is 3. The summed E-state index contributed by atoms with van der Waals surface area (Å²) >= 11 is 0. The van der Waals surface area contributed by atoms with Crippen molar-refractivity contribution in [3.05, 3.63) is 47.4 Å². The van der Waals surface area contributed by atoms with Gasteiger partial charge in [0.05, 0.1) is 25.0 Å². The number of piperidine rings is 1. The molecule has 2 aromatic rings. The molecule has 1 aromatic carbocycles. The smallest absolute Gasteiger partial charge is 0.0996 e. The third-order valence-corrected chi connectivity index (χ3v) is 6.40. The summed E-state index contributed by atoms with van der Waals surface area (Å²) in [4.78, 5) is 6.32. The Morgan fingerprint density at radius 3 is 3.12 bits per heavy atom. The molecule has 3 aliphatic heterocycles. The largest absolute Gasteiger partial charge is 0.498 e. The number of aromatic nitrogens is 1. The van der Waals surface area contributed by atoms with Crippen LogP contribution in [0.15, 0.2) is 36.1 Å². The van der Waals surface area contributed by atoms with Crippen molar-refractivity contribution in [2.75, 3.05) is 19.7 Å². The Labute approximate surface area is 146 Å². The van der Waals surface area contributed by atoms with E-state index in [-0.39, 0.29) is 17.0 Å². The van der Waals surface area contributed by atoms with Gasteiger partial charge in [0.1, 0.15) is 0 Å². The monoisotopic (exact) mass is 330 g/mol. The van der Waals surface area contributed by atoms with Gasteiger partial charge in [0.15, 0.2) is 0 Å². The van der Waals surface area contributed by atoms with E-state index in [2.05, 4.69) is 41.1 Å². The van der Waals surface area contributed by atoms with Crippen LogP contribution in [0.5, 0.6) is 0 Å². The highest BCUT2D eigenvalue weighted by Crippen LogP contribution is 2.47. The lowest BCUT2D eigenvalue weighted by molar-refractivity contribution is -0.0268. The van der Waals surface area contributed by atoms with Crippen molar-refractivity contribution in [1.29, 1.82) is 0 Å². The Morgan fingerprint density at radius 1 is 1.38 bits per heavy atom. The standard InChI is InChI=1S/C20H24N2O2.3H2/c1-12-17-9-22-7-6-15-14-4-2-3-5-18(14)21-20(15)19(22)8-16(17)13(10-23)11-24-12;;;/h2-5,11-12,16-17,19,21,23H,6-10H2,1H3;3*1H. The molecule has 4 unspecified atom stereocenters. The third kappa shape index (κ3) is 1.99. The zero-order valence-corrected chi connectivity index (χ0v) is 14.0. The maximum Gasteiger partial charge on any atom is 0.0996 e. The molecule has 0 bridgehead atoms. The number of aliphatic hydroxyl groups is 1. The Balaban J connectivity index is 0.000000871. The Bertz CT molecular complexity index is 823. The van der Waals surface area contributed by atoms with E-state index < -0.39 is 0 Å². The van der Waals surface area contributed by atoms with Crippen LogP contribution in [0.1, 0.15) is 34.9 Å². The number of aromatic amines is 1. The molecule has 4 heterocycles. The number of aliphatic hydroxyl groups excluding tert-OH is 1. The topological polar surface area (TPSA) is 48.5 Å². The number of nitrogens with zero attached hydrogens (tertiary/aromatic N) is 1. The average Bonchev–Trinajstić information content (AvgIpc) is 3.00. The van der Waals surface area contributed by atoms with Crippen LogP contribution in [0.2, 0.25) is 0 Å². The van der Waals surface area contributed by atoms with E-state index in [1.807, 2.05) is 6.26 Å². The van der Waals surface area contributed by atoms with Crippen molar-refractivity contribution in [3.63, 3.8) is 0 Å². The molecule has 1 saturated heterocycles. The predicted octanol–water partition coefficient (Wildman–Crippen LogP) is 3.74. The lowest BCUT2D eigenvalue weighted by Gasteiger charge is -2.49. The molecular weight excluding hydrogens is 300 g/mol. The van der Waals surface area contributed by atoms with Crippen molar-refractivity contribution in [2.45, 2.75) is 31.9 Å². The van der Waals surface area contributed by atoms with Crippen LogP contribution in [0.4, 0.5) is 0 Å². The van der Waals surface area contributed by atoms with Crippen LogP contribution >= 0.6 is 0 Å². The molecule has 0 radical (unpaired) electrons. The fourth-order valence-electron chi connectivity index (χ4n) is 5.11. The van der Waals surface area contributed by atoms with E-state index in [0.29, 0.717) is 17.9 Å². The number of H-pyrrole nitrogens is 1. The van der Waals surface area contributed by atoms with E-state index in [1.165, 1.54) is 22.2 Å². The molecule has 0 saturated carbocycles. The third-order valence-electron chi connectivity index (χ3n) is 6.40. The van der Waals surface area contributed by atoms with Gasteiger partial charge in [0.2, 0.25) is 0 Å². The van der Waals surface area contributed by atoms with Crippen molar-refractivity contribution >= 4 is 10.9 Å². The van der Waals surface area contributed by atoms with E-state index in [0.717, 1.165) is 31.5 Å². The van der Waals surface area contributed by atoms with Crippen LogP contribution in [0, 0.1) is 11.8 Å². The number of ether oxygens (including phenoxy) is 1. The van der Waals surface area contributed by atoms with Gasteiger partial charge in [-0.15, -0.1) is 0 Å². The van der Waals surface area contributed by atoms with Crippen LogP contribution < -0.4 is 0 Å². The molecule has 4 atom stereocenters. The minimum absolute atomic E-state index is 0. The molecule has 5 rings (SSSR count). The molecule has 24 heavy (non-hydrogen) atoms. The van der Waals surface area contributed by atoms with E-state index in [4.69, 9.17) is 4.74 Å². The molecule has 1 aromatic heterocycles. The minimum Gasteiger partial charge on any atom is -0.498 e. The Morgan fingerprint density at radius 2 is 2.25 bits per heavy atom. The molecule has 3 aliphatic rings. The zero-order valence-electron chi connectivity index (χ0n) is 14.0. The van der Waals surface area contributed by atoms with Gasteiger partial charge in [-0.3, -0.25) is 4.90 Å². The van der Waals surface area contributed by atoms with Gasteiger partial charge in [-0.05, 0) is 42.9 Å². The normalized spacial score (nSPS) is 32.5. The maximum absolute atomic E-state index is 9.75. The van der Waals surface area contributed by atoms with Crippen LogP contribution in [0.3, 0.4) is 0 Å². The second-order valence-electron chi connectivity index (χ2n) is 7.52. The van der Waals surface area contributed by atoms with Crippen LogP contribution in [-0.4, -0.2) is 40.8 Å². The highest BCUT2D eigenvalue weighted by molar-refractivity contribution is 5.85. The molecule has 1 fully saturated rings. The summed E-state index contributed by atoms with van der Waals surface area (Å²) in [5.41, 5.74) is 5.22. The molecule has 2 N–H and O–H groups in total. The van der Waals surface area contributed by atoms with E-state index >= 15 is 0 Å².